The van der Waals surface area contributed by atoms with Gasteiger partial charge in [-0.05, 0) is 6.07 Å². The molecule has 1 aliphatic heterocycles. The highest BCUT2D eigenvalue weighted by Gasteiger charge is 2.30. The number of nitrogen functional groups attached to an aromatic ring is 1. The molecule has 88 valence electrons. The first-order valence-electron chi connectivity index (χ1n) is 5.04. The topological polar surface area (TPSA) is 46.3 Å². The second-order valence-electron chi connectivity index (χ2n) is 3.90. The molecule has 1 unspecified atom stereocenters. The van der Waals surface area contributed by atoms with Crippen LogP contribution in [0.25, 0.3) is 0 Å². The number of nitrogens with two attached hydrogens (primary N) is 1. The summed E-state index contributed by atoms with van der Waals surface area (Å²) in [6.07, 6.45) is 5.56. The molecule has 0 aliphatic carbocycles. The van der Waals surface area contributed by atoms with Gasteiger partial charge in [0.25, 0.3) is 0 Å². The first kappa shape index (κ1) is 11.7. The van der Waals surface area contributed by atoms with E-state index >= 15 is 0 Å². The van der Waals surface area contributed by atoms with Crippen molar-refractivity contribution in [2.45, 2.75) is 6.42 Å². The Bertz CT molecular complexity index is 524. The summed E-state index contributed by atoms with van der Waals surface area (Å²) < 4.78 is 13.1. The Labute approximate surface area is 103 Å². The molecule has 0 aromatic heterocycles. The maximum absolute atomic E-state index is 13.1. The lowest BCUT2D eigenvalue weighted by Crippen LogP contribution is -2.25. The van der Waals surface area contributed by atoms with E-state index in [1.54, 1.807) is 0 Å². The number of amides is 1. The molecule has 1 heterocycles. The quantitative estimate of drug-likeness (QED) is 0.614. The van der Waals surface area contributed by atoms with Crippen LogP contribution in [0.1, 0.15) is 6.42 Å². The van der Waals surface area contributed by atoms with E-state index in [2.05, 4.69) is 5.92 Å². The van der Waals surface area contributed by atoms with E-state index in [1.165, 1.54) is 11.0 Å². The molecule has 3 nitrogen and oxygen atoms in total. The standard InChI is InChI=1S/C12H10ClFN2O/c1-2-7-3-12(17)16(6-7)11-4-8(13)9(14)5-10(11)15/h1,4-5,7H,3,6,15H2. The maximum atomic E-state index is 13.1. The van der Waals surface area contributed by atoms with E-state index < -0.39 is 5.82 Å². The third-order valence-electron chi connectivity index (χ3n) is 2.72. The summed E-state index contributed by atoms with van der Waals surface area (Å²) in [5, 5.41) is -0.0637. The molecule has 1 fully saturated rings. The van der Waals surface area contributed by atoms with E-state index in [4.69, 9.17) is 23.8 Å². The van der Waals surface area contributed by atoms with Gasteiger partial charge in [0.1, 0.15) is 5.82 Å². The van der Waals surface area contributed by atoms with Gasteiger partial charge in [-0.25, -0.2) is 4.39 Å². The number of carbonyl (C=O) groups is 1. The Morgan fingerprint density at radius 2 is 2.29 bits per heavy atom. The zero-order valence-electron chi connectivity index (χ0n) is 8.91. The number of hydrogen-bond donors (Lipinski definition) is 1. The minimum Gasteiger partial charge on any atom is -0.397 e. The molecular formula is C12H10ClFN2O. The summed E-state index contributed by atoms with van der Waals surface area (Å²) in [5.41, 5.74) is 6.27. The monoisotopic (exact) mass is 252 g/mol. The summed E-state index contributed by atoms with van der Waals surface area (Å²) >= 11 is 5.67. The maximum Gasteiger partial charge on any atom is 0.228 e. The molecule has 1 aliphatic rings. The van der Waals surface area contributed by atoms with Gasteiger partial charge < -0.3 is 10.6 Å². The van der Waals surface area contributed by atoms with Gasteiger partial charge in [-0.15, -0.1) is 12.3 Å². The molecule has 0 saturated carbocycles. The number of rotatable bonds is 1. The third kappa shape index (κ3) is 2.06. The molecular weight excluding hydrogens is 243 g/mol. The highest BCUT2D eigenvalue weighted by molar-refractivity contribution is 6.31. The fraction of sp³-hybridized carbons (Fsp3) is 0.250. The van der Waals surface area contributed by atoms with Crippen molar-refractivity contribution in [3.63, 3.8) is 0 Å². The first-order chi connectivity index (χ1) is 8.02. The van der Waals surface area contributed by atoms with Crippen LogP contribution in [0.2, 0.25) is 5.02 Å². The molecule has 0 radical (unpaired) electrons. The second-order valence-corrected chi connectivity index (χ2v) is 4.30. The fourth-order valence-electron chi connectivity index (χ4n) is 1.84. The molecule has 0 bridgehead atoms. The van der Waals surface area contributed by atoms with Gasteiger partial charge in [0, 0.05) is 24.9 Å². The molecule has 1 atom stereocenters. The SMILES string of the molecule is C#CC1CC(=O)N(c2cc(Cl)c(F)cc2N)C1. The summed E-state index contributed by atoms with van der Waals surface area (Å²) in [4.78, 5) is 13.2. The minimum atomic E-state index is -0.604. The number of nitrogens with zero attached hydrogens (tertiary/aromatic N) is 1. The van der Waals surface area contributed by atoms with Crippen molar-refractivity contribution in [3.05, 3.63) is 23.0 Å². The molecule has 1 aromatic carbocycles. The second kappa shape index (κ2) is 4.27. The smallest absolute Gasteiger partial charge is 0.228 e. The van der Waals surface area contributed by atoms with Crippen molar-refractivity contribution in [2.75, 3.05) is 17.2 Å². The lowest BCUT2D eigenvalue weighted by atomic mass is 10.1. The van der Waals surface area contributed by atoms with Crippen LogP contribution in [-0.2, 0) is 4.79 Å². The van der Waals surface area contributed by atoms with Crippen LogP contribution in [0.15, 0.2) is 12.1 Å². The molecule has 1 aromatic rings. The Morgan fingerprint density at radius 3 is 2.88 bits per heavy atom. The molecule has 2 rings (SSSR count). The number of carbonyl (C=O) groups excluding carboxylic acids is 1. The zero-order valence-corrected chi connectivity index (χ0v) is 9.67. The van der Waals surface area contributed by atoms with E-state index in [-0.39, 0.29) is 29.0 Å². The number of hydrogen-bond acceptors (Lipinski definition) is 2. The number of terminal acetylenes is 1. The molecule has 2 N–H and O–H groups in total. The lowest BCUT2D eigenvalue weighted by molar-refractivity contribution is -0.117. The van der Waals surface area contributed by atoms with E-state index in [0.717, 1.165) is 6.07 Å². The summed E-state index contributed by atoms with van der Waals surface area (Å²) in [5.74, 6) is 1.67. The lowest BCUT2D eigenvalue weighted by Gasteiger charge is -2.18. The average Bonchev–Trinajstić information content (AvgIpc) is 2.65. The van der Waals surface area contributed by atoms with Crippen molar-refractivity contribution in [1.29, 1.82) is 0 Å². The van der Waals surface area contributed by atoms with Crippen molar-refractivity contribution in [3.8, 4) is 12.3 Å². The van der Waals surface area contributed by atoms with Crippen molar-refractivity contribution in [1.82, 2.24) is 0 Å². The third-order valence-corrected chi connectivity index (χ3v) is 3.01. The highest BCUT2D eigenvalue weighted by Crippen LogP contribution is 2.33. The van der Waals surface area contributed by atoms with Crippen LogP contribution in [0.5, 0.6) is 0 Å². The van der Waals surface area contributed by atoms with Gasteiger partial charge in [-0.3, -0.25) is 4.79 Å². The zero-order chi connectivity index (χ0) is 12.6. The Kier molecular flexibility index (Phi) is 2.95. The Balaban J connectivity index is 2.39. The molecule has 5 heteroatoms. The molecule has 1 saturated heterocycles. The molecule has 1 amide bonds. The van der Waals surface area contributed by atoms with Gasteiger partial charge in [0.15, 0.2) is 0 Å². The van der Waals surface area contributed by atoms with Crippen molar-refractivity contribution < 1.29 is 9.18 Å². The van der Waals surface area contributed by atoms with Crippen molar-refractivity contribution in [2.24, 2.45) is 5.92 Å². The molecule has 17 heavy (non-hydrogen) atoms. The number of anilines is 2. The Morgan fingerprint density at radius 1 is 1.59 bits per heavy atom. The number of benzene rings is 1. The van der Waals surface area contributed by atoms with Crippen LogP contribution in [0.3, 0.4) is 0 Å². The fourth-order valence-corrected chi connectivity index (χ4v) is 2.00. The van der Waals surface area contributed by atoms with Gasteiger partial charge >= 0.3 is 0 Å². The predicted molar refractivity (Wildman–Crippen MR) is 65.1 cm³/mol. The van der Waals surface area contributed by atoms with E-state index in [1.807, 2.05) is 0 Å². The largest absolute Gasteiger partial charge is 0.397 e. The average molecular weight is 253 g/mol. The summed E-state index contributed by atoms with van der Waals surface area (Å²) in [6, 6.07) is 2.46. The minimum absolute atomic E-state index is 0.0637. The summed E-state index contributed by atoms with van der Waals surface area (Å²) in [6.45, 7) is 0.390. The van der Waals surface area contributed by atoms with Gasteiger partial charge in [0.2, 0.25) is 5.91 Å². The van der Waals surface area contributed by atoms with Crippen molar-refractivity contribution >= 4 is 28.9 Å². The van der Waals surface area contributed by atoms with Gasteiger partial charge in [-0.2, -0.15) is 0 Å². The summed E-state index contributed by atoms with van der Waals surface area (Å²) in [7, 11) is 0. The van der Waals surface area contributed by atoms with Crippen LogP contribution in [0, 0.1) is 24.1 Å². The predicted octanol–water partition coefficient (Wildman–Crippen LogP) is 2.05. The molecule has 0 spiro atoms. The van der Waals surface area contributed by atoms with Crippen LogP contribution >= 0.6 is 11.6 Å². The van der Waals surface area contributed by atoms with Crippen LogP contribution < -0.4 is 10.6 Å². The van der Waals surface area contributed by atoms with E-state index in [9.17, 15) is 9.18 Å². The Hall–Kier alpha value is -1.73. The van der Waals surface area contributed by atoms with E-state index in [0.29, 0.717) is 12.2 Å². The normalized spacial score (nSPS) is 19.5. The van der Waals surface area contributed by atoms with Crippen LogP contribution in [-0.4, -0.2) is 12.5 Å². The van der Waals surface area contributed by atoms with Gasteiger partial charge in [0.05, 0.1) is 16.4 Å². The van der Waals surface area contributed by atoms with Gasteiger partial charge in [-0.1, -0.05) is 11.6 Å². The first-order valence-corrected chi connectivity index (χ1v) is 5.41. The highest BCUT2D eigenvalue weighted by atomic mass is 35.5. The number of halogens is 2. The van der Waals surface area contributed by atoms with Crippen LogP contribution in [0.4, 0.5) is 15.8 Å².